The van der Waals surface area contributed by atoms with Gasteiger partial charge in [0.2, 0.25) is 5.78 Å². The summed E-state index contributed by atoms with van der Waals surface area (Å²) in [7, 11) is 0. The Morgan fingerprint density at radius 1 is 1.24 bits per heavy atom. The number of rotatable bonds is 5. The van der Waals surface area contributed by atoms with Crippen LogP contribution in [0.3, 0.4) is 0 Å². The minimum atomic E-state index is -0.423. The fraction of sp³-hybridized carbons (Fsp3) is 0.308. The smallest absolute Gasteiger partial charge is 0.318 e. The first-order chi connectivity index (χ1) is 8.15. The van der Waals surface area contributed by atoms with Crippen molar-refractivity contribution < 1.29 is 14.4 Å². The minimum absolute atomic E-state index is 0.167. The van der Waals surface area contributed by atoms with Crippen LogP contribution in [0.25, 0.3) is 0 Å². The summed E-state index contributed by atoms with van der Waals surface area (Å²) in [4.78, 5) is 27.5. The Bertz CT molecular complexity index is 424. The third kappa shape index (κ3) is 4.18. The number of carbonyl (C=O) groups is 2. The summed E-state index contributed by atoms with van der Waals surface area (Å²) < 4.78 is 0. The number of oxime groups is 1. The summed E-state index contributed by atoms with van der Waals surface area (Å²) in [5.41, 5.74) is 0.695. The molecule has 0 amide bonds. The summed E-state index contributed by atoms with van der Waals surface area (Å²) in [6.07, 6.45) is 0.996. The second-order valence-electron chi connectivity index (χ2n) is 3.59. The topological polar surface area (TPSA) is 55.7 Å². The van der Waals surface area contributed by atoms with Crippen LogP contribution >= 0.6 is 0 Å². The quantitative estimate of drug-likeness (QED) is 0.340. The molecular weight excluding hydrogens is 218 g/mol. The molecular formula is C13H15NO3. The van der Waals surface area contributed by atoms with Crippen molar-refractivity contribution in [2.75, 3.05) is 0 Å². The molecule has 17 heavy (non-hydrogen) atoms. The van der Waals surface area contributed by atoms with Gasteiger partial charge in [-0.05, 0) is 13.3 Å². The van der Waals surface area contributed by atoms with Gasteiger partial charge in [0.1, 0.15) is 5.71 Å². The van der Waals surface area contributed by atoms with E-state index < -0.39 is 5.97 Å². The molecule has 0 unspecified atom stereocenters. The Balaban J connectivity index is 2.64. The van der Waals surface area contributed by atoms with Gasteiger partial charge in [0.05, 0.1) is 0 Å². The van der Waals surface area contributed by atoms with E-state index in [1.54, 1.807) is 24.3 Å². The van der Waals surface area contributed by atoms with Gasteiger partial charge in [-0.15, -0.1) is 0 Å². The van der Waals surface area contributed by atoms with Gasteiger partial charge in [-0.1, -0.05) is 42.4 Å². The fourth-order valence-electron chi connectivity index (χ4n) is 1.21. The van der Waals surface area contributed by atoms with Gasteiger partial charge in [0.15, 0.2) is 0 Å². The Kier molecular flexibility index (Phi) is 5.07. The molecule has 1 rings (SSSR count). The number of benzene rings is 1. The van der Waals surface area contributed by atoms with Crippen molar-refractivity contribution in [1.29, 1.82) is 0 Å². The second kappa shape index (κ2) is 6.58. The first kappa shape index (κ1) is 13.1. The van der Waals surface area contributed by atoms with Gasteiger partial charge < -0.3 is 4.84 Å². The molecule has 0 fully saturated rings. The van der Waals surface area contributed by atoms with E-state index in [9.17, 15) is 9.59 Å². The molecule has 0 aromatic heterocycles. The molecule has 0 saturated heterocycles. The highest BCUT2D eigenvalue weighted by atomic mass is 16.7. The van der Waals surface area contributed by atoms with E-state index >= 15 is 0 Å². The molecule has 0 aliphatic heterocycles. The molecule has 0 saturated carbocycles. The Morgan fingerprint density at radius 3 is 2.47 bits per heavy atom. The molecule has 0 atom stereocenters. The second-order valence-corrected chi connectivity index (χ2v) is 3.59. The first-order valence-electron chi connectivity index (χ1n) is 5.49. The molecule has 4 nitrogen and oxygen atoms in total. The predicted octanol–water partition coefficient (Wildman–Crippen LogP) is 2.59. The molecule has 0 N–H and O–H groups in total. The van der Waals surface area contributed by atoms with Crippen LogP contribution in [0.4, 0.5) is 0 Å². The van der Waals surface area contributed by atoms with E-state index in [1.165, 1.54) is 6.92 Å². The van der Waals surface area contributed by atoms with E-state index in [2.05, 4.69) is 9.99 Å². The monoisotopic (exact) mass is 233 g/mol. The third-order valence-corrected chi connectivity index (χ3v) is 2.10. The normalized spacial score (nSPS) is 11.1. The van der Waals surface area contributed by atoms with E-state index in [-0.39, 0.29) is 11.5 Å². The number of hydrogen-bond donors (Lipinski definition) is 0. The lowest BCUT2D eigenvalue weighted by Gasteiger charge is -2.00. The average molecular weight is 233 g/mol. The molecule has 4 heteroatoms. The number of carbonyl (C=O) groups excluding carboxylic acids is 2. The van der Waals surface area contributed by atoms with Gasteiger partial charge in [-0.2, -0.15) is 0 Å². The van der Waals surface area contributed by atoms with Crippen LogP contribution in [0.1, 0.15) is 37.0 Å². The SMILES string of the molecule is CCCC(=O)ON=C(C)C(=O)c1ccccc1. The zero-order valence-corrected chi connectivity index (χ0v) is 9.97. The van der Waals surface area contributed by atoms with Crippen molar-refractivity contribution in [3.05, 3.63) is 35.9 Å². The zero-order chi connectivity index (χ0) is 12.7. The number of nitrogens with zero attached hydrogens (tertiary/aromatic N) is 1. The predicted molar refractivity (Wildman–Crippen MR) is 64.9 cm³/mol. The van der Waals surface area contributed by atoms with Crippen molar-refractivity contribution in [2.45, 2.75) is 26.7 Å². The van der Waals surface area contributed by atoms with Crippen LogP contribution in [0.2, 0.25) is 0 Å². The summed E-state index contributed by atoms with van der Waals surface area (Å²) in [5.74, 6) is -0.664. The van der Waals surface area contributed by atoms with Crippen molar-refractivity contribution in [3.63, 3.8) is 0 Å². The maximum Gasteiger partial charge on any atom is 0.335 e. The molecule has 1 aromatic carbocycles. The molecule has 0 bridgehead atoms. The van der Waals surface area contributed by atoms with Crippen LogP contribution in [-0.2, 0) is 9.63 Å². The lowest BCUT2D eigenvalue weighted by Crippen LogP contribution is -2.12. The number of hydrogen-bond acceptors (Lipinski definition) is 4. The van der Waals surface area contributed by atoms with Gasteiger partial charge in [-0.3, -0.25) is 4.79 Å². The van der Waals surface area contributed by atoms with Gasteiger partial charge in [-0.25, -0.2) is 4.79 Å². The first-order valence-corrected chi connectivity index (χ1v) is 5.49. The molecule has 0 radical (unpaired) electrons. The van der Waals surface area contributed by atoms with Crippen LogP contribution in [-0.4, -0.2) is 17.5 Å². The molecule has 0 spiro atoms. The van der Waals surface area contributed by atoms with Crippen LogP contribution in [0, 0.1) is 0 Å². The van der Waals surface area contributed by atoms with Crippen molar-refractivity contribution in [3.8, 4) is 0 Å². The van der Waals surface area contributed by atoms with Crippen LogP contribution in [0.5, 0.6) is 0 Å². The average Bonchev–Trinajstić information content (AvgIpc) is 2.36. The summed E-state index contributed by atoms with van der Waals surface area (Å²) in [6.45, 7) is 3.39. The van der Waals surface area contributed by atoms with E-state index in [0.29, 0.717) is 18.4 Å². The standard InChI is InChI=1S/C13H15NO3/c1-3-7-12(15)17-14-10(2)13(16)11-8-5-4-6-9-11/h4-6,8-9H,3,7H2,1-2H3. The molecule has 0 aliphatic rings. The highest BCUT2D eigenvalue weighted by Gasteiger charge is 2.10. The highest BCUT2D eigenvalue weighted by Crippen LogP contribution is 2.02. The van der Waals surface area contributed by atoms with Crippen LogP contribution < -0.4 is 0 Å². The summed E-state index contributed by atoms with van der Waals surface area (Å²) >= 11 is 0. The largest absolute Gasteiger partial charge is 0.335 e. The Hall–Kier alpha value is -1.97. The van der Waals surface area contributed by atoms with Crippen LogP contribution in [0.15, 0.2) is 35.5 Å². The molecule has 90 valence electrons. The lowest BCUT2D eigenvalue weighted by molar-refractivity contribution is -0.143. The van der Waals surface area contributed by atoms with E-state index in [0.717, 1.165) is 0 Å². The van der Waals surface area contributed by atoms with Crippen molar-refractivity contribution >= 4 is 17.5 Å². The maximum absolute atomic E-state index is 11.8. The summed E-state index contributed by atoms with van der Waals surface area (Å²) in [5, 5.41) is 3.54. The number of ketones is 1. The fourth-order valence-corrected chi connectivity index (χ4v) is 1.21. The third-order valence-electron chi connectivity index (χ3n) is 2.10. The van der Waals surface area contributed by atoms with E-state index in [4.69, 9.17) is 0 Å². The van der Waals surface area contributed by atoms with Crippen molar-refractivity contribution in [2.24, 2.45) is 5.16 Å². The van der Waals surface area contributed by atoms with Gasteiger partial charge in [0, 0.05) is 12.0 Å². The molecule has 1 aromatic rings. The van der Waals surface area contributed by atoms with Gasteiger partial charge >= 0.3 is 5.97 Å². The molecule has 0 aliphatic carbocycles. The highest BCUT2D eigenvalue weighted by molar-refractivity contribution is 6.45. The number of Topliss-reactive ketones (excluding diaryl/α,β-unsaturated/α-hetero) is 1. The zero-order valence-electron chi connectivity index (χ0n) is 9.97. The maximum atomic E-state index is 11.8. The summed E-state index contributed by atoms with van der Waals surface area (Å²) in [6, 6.07) is 8.74. The minimum Gasteiger partial charge on any atom is -0.318 e. The van der Waals surface area contributed by atoms with Crippen molar-refractivity contribution in [1.82, 2.24) is 0 Å². The molecule has 0 heterocycles. The van der Waals surface area contributed by atoms with Gasteiger partial charge in [0.25, 0.3) is 0 Å². The van der Waals surface area contributed by atoms with E-state index in [1.807, 2.05) is 13.0 Å². The lowest BCUT2D eigenvalue weighted by atomic mass is 10.1. The Labute approximate surface area is 100 Å². The Morgan fingerprint density at radius 2 is 1.88 bits per heavy atom.